The molecule has 4 nitrogen and oxygen atoms in total. The summed E-state index contributed by atoms with van der Waals surface area (Å²) in [6.07, 6.45) is 2.01. The maximum atomic E-state index is 10.4. The molecule has 1 aromatic rings. The smallest absolute Gasteiger partial charge is 0.161 e. The fourth-order valence-corrected chi connectivity index (χ4v) is 1.98. The molecule has 0 amide bonds. The quantitative estimate of drug-likeness (QED) is 0.708. The Morgan fingerprint density at radius 1 is 1.32 bits per heavy atom. The zero-order valence-electron chi connectivity index (χ0n) is 11.8. The van der Waals surface area contributed by atoms with Crippen LogP contribution in [0.4, 0.5) is 0 Å². The fraction of sp³-hybridized carbons (Fsp3) is 0.467. The van der Waals surface area contributed by atoms with Gasteiger partial charge in [-0.1, -0.05) is 19.1 Å². The van der Waals surface area contributed by atoms with E-state index in [4.69, 9.17) is 9.47 Å². The van der Waals surface area contributed by atoms with Gasteiger partial charge in [-0.3, -0.25) is 0 Å². The van der Waals surface area contributed by atoms with Crippen LogP contribution < -0.4 is 14.8 Å². The number of rotatable bonds is 8. The van der Waals surface area contributed by atoms with Gasteiger partial charge in [-0.25, -0.2) is 0 Å². The summed E-state index contributed by atoms with van der Waals surface area (Å²) in [6, 6.07) is 5.44. The van der Waals surface area contributed by atoms with Crippen LogP contribution in [0, 0.1) is 0 Å². The van der Waals surface area contributed by atoms with E-state index in [1.807, 2.05) is 19.1 Å². The summed E-state index contributed by atoms with van der Waals surface area (Å²) in [6.45, 7) is 6.37. The van der Waals surface area contributed by atoms with Gasteiger partial charge in [0.15, 0.2) is 11.5 Å². The average molecular weight is 265 g/mol. The van der Waals surface area contributed by atoms with E-state index in [0.29, 0.717) is 18.0 Å². The molecule has 0 saturated heterocycles. The Hall–Kier alpha value is -1.52. The molecule has 2 atom stereocenters. The Bertz CT molecular complexity index is 406. The molecule has 2 unspecified atom stereocenters. The molecule has 106 valence electrons. The minimum Gasteiger partial charge on any atom is -0.493 e. The van der Waals surface area contributed by atoms with Gasteiger partial charge in [0.25, 0.3) is 0 Å². The predicted octanol–water partition coefficient (Wildman–Crippen LogP) is 2.29. The highest BCUT2D eigenvalue weighted by Crippen LogP contribution is 2.31. The molecule has 1 rings (SSSR count). The van der Waals surface area contributed by atoms with Crippen molar-refractivity contribution in [3.8, 4) is 11.5 Å². The lowest BCUT2D eigenvalue weighted by Crippen LogP contribution is -2.34. The van der Waals surface area contributed by atoms with Crippen LogP contribution in [0.15, 0.2) is 30.9 Å². The lowest BCUT2D eigenvalue weighted by Gasteiger charge is -2.23. The Kier molecular flexibility index (Phi) is 6.39. The van der Waals surface area contributed by atoms with Gasteiger partial charge >= 0.3 is 0 Å². The van der Waals surface area contributed by atoms with Gasteiger partial charge in [-0.15, -0.1) is 6.58 Å². The number of nitrogens with one attached hydrogen (secondary N) is 1. The summed E-state index contributed by atoms with van der Waals surface area (Å²) >= 11 is 0. The van der Waals surface area contributed by atoms with Crippen LogP contribution in [0.2, 0.25) is 0 Å². The standard InChI is InChI=1S/C15H23NO3/c1-5-9-16-12(6-2)15(17)11-7-8-13(18-3)14(10-11)19-4/h5,7-8,10,12,15-17H,1,6,9H2,2-4H3. The van der Waals surface area contributed by atoms with Crippen molar-refractivity contribution in [1.29, 1.82) is 0 Å². The number of aliphatic hydroxyl groups excluding tert-OH is 1. The van der Waals surface area contributed by atoms with Gasteiger partial charge < -0.3 is 19.9 Å². The topological polar surface area (TPSA) is 50.7 Å². The summed E-state index contributed by atoms with van der Waals surface area (Å²) in [5.74, 6) is 1.28. The SMILES string of the molecule is C=CCNC(CC)C(O)c1ccc(OC)c(OC)c1. The second kappa shape index (κ2) is 7.81. The van der Waals surface area contributed by atoms with Crippen LogP contribution in [0.3, 0.4) is 0 Å². The monoisotopic (exact) mass is 265 g/mol. The maximum Gasteiger partial charge on any atom is 0.161 e. The minimum absolute atomic E-state index is 0.0175. The van der Waals surface area contributed by atoms with E-state index in [1.54, 1.807) is 26.4 Å². The first-order valence-electron chi connectivity index (χ1n) is 6.42. The molecular formula is C15H23NO3. The lowest BCUT2D eigenvalue weighted by molar-refractivity contribution is 0.127. The predicted molar refractivity (Wildman–Crippen MR) is 76.8 cm³/mol. The Labute approximate surface area is 115 Å². The van der Waals surface area contributed by atoms with Gasteiger partial charge in [0.05, 0.1) is 20.3 Å². The zero-order chi connectivity index (χ0) is 14.3. The average Bonchev–Trinajstić information content (AvgIpc) is 2.46. The number of ether oxygens (including phenoxy) is 2. The lowest BCUT2D eigenvalue weighted by atomic mass is 10.00. The highest BCUT2D eigenvalue weighted by Gasteiger charge is 2.19. The molecule has 1 aromatic carbocycles. The summed E-state index contributed by atoms with van der Waals surface area (Å²) in [5.41, 5.74) is 0.807. The summed E-state index contributed by atoms with van der Waals surface area (Å²) in [5, 5.41) is 13.6. The van der Waals surface area contributed by atoms with Gasteiger partial charge in [0.2, 0.25) is 0 Å². The van der Waals surface area contributed by atoms with Crippen molar-refractivity contribution in [2.45, 2.75) is 25.5 Å². The van der Waals surface area contributed by atoms with E-state index in [2.05, 4.69) is 11.9 Å². The maximum absolute atomic E-state index is 10.4. The van der Waals surface area contributed by atoms with Crippen LogP contribution in [0.1, 0.15) is 25.0 Å². The molecule has 2 N–H and O–H groups in total. The van der Waals surface area contributed by atoms with Crippen LogP contribution in [-0.2, 0) is 0 Å². The second-order valence-electron chi connectivity index (χ2n) is 4.27. The molecule has 0 fully saturated rings. The number of benzene rings is 1. The largest absolute Gasteiger partial charge is 0.493 e. The van der Waals surface area contributed by atoms with Gasteiger partial charge in [-0.05, 0) is 24.1 Å². The third-order valence-corrected chi connectivity index (χ3v) is 3.09. The molecule has 0 bridgehead atoms. The van der Waals surface area contributed by atoms with Crippen molar-refractivity contribution in [3.63, 3.8) is 0 Å². The first kappa shape index (κ1) is 15.5. The van der Waals surface area contributed by atoms with Crippen LogP contribution in [0.25, 0.3) is 0 Å². The van der Waals surface area contributed by atoms with Gasteiger partial charge in [0.1, 0.15) is 0 Å². The third-order valence-electron chi connectivity index (χ3n) is 3.09. The first-order chi connectivity index (χ1) is 9.17. The van der Waals surface area contributed by atoms with Crippen molar-refractivity contribution < 1.29 is 14.6 Å². The Morgan fingerprint density at radius 3 is 2.53 bits per heavy atom. The van der Waals surface area contributed by atoms with E-state index in [1.165, 1.54) is 0 Å². The zero-order valence-corrected chi connectivity index (χ0v) is 11.8. The second-order valence-corrected chi connectivity index (χ2v) is 4.27. The van der Waals surface area contributed by atoms with E-state index < -0.39 is 6.10 Å². The van der Waals surface area contributed by atoms with Crippen LogP contribution in [-0.4, -0.2) is 31.9 Å². The minimum atomic E-state index is -0.593. The molecule has 19 heavy (non-hydrogen) atoms. The number of hydrogen-bond acceptors (Lipinski definition) is 4. The molecule has 0 aliphatic rings. The van der Waals surface area contributed by atoms with E-state index in [0.717, 1.165) is 12.0 Å². The van der Waals surface area contributed by atoms with Crippen molar-refractivity contribution >= 4 is 0 Å². The van der Waals surface area contributed by atoms with E-state index in [-0.39, 0.29) is 6.04 Å². The summed E-state index contributed by atoms with van der Waals surface area (Å²) in [7, 11) is 3.18. The van der Waals surface area contributed by atoms with Crippen molar-refractivity contribution in [2.24, 2.45) is 0 Å². The highest BCUT2D eigenvalue weighted by atomic mass is 16.5. The van der Waals surface area contributed by atoms with E-state index in [9.17, 15) is 5.11 Å². The molecular weight excluding hydrogens is 242 g/mol. The molecule has 0 radical (unpaired) electrons. The third kappa shape index (κ3) is 3.98. The molecule has 0 saturated carbocycles. The van der Waals surface area contributed by atoms with Crippen LogP contribution >= 0.6 is 0 Å². The Balaban J connectivity index is 2.91. The summed E-state index contributed by atoms with van der Waals surface area (Å²) in [4.78, 5) is 0. The fourth-order valence-electron chi connectivity index (χ4n) is 1.98. The van der Waals surface area contributed by atoms with Crippen molar-refractivity contribution in [3.05, 3.63) is 36.4 Å². The van der Waals surface area contributed by atoms with Crippen molar-refractivity contribution in [1.82, 2.24) is 5.32 Å². The molecule has 0 heterocycles. The van der Waals surface area contributed by atoms with Crippen LogP contribution in [0.5, 0.6) is 11.5 Å². The molecule has 0 aliphatic carbocycles. The van der Waals surface area contributed by atoms with Crippen molar-refractivity contribution in [2.75, 3.05) is 20.8 Å². The first-order valence-corrected chi connectivity index (χ1v) is 6.42. The van der Waals surface area contributed by atoms with E-state index >= 15 is 0 Å². The molecule has 0 aliphatic heterocycles. The normalized spacial score (nSPS) is 13.7. The number of aliphatic hydroxyl groups is 1. The Morgan fingerprint density at radius 2 is 2.00 bits per heavy atom. The number of methoxy groups -OCH3 is 2. The molecule has 0 spiro atoms. The van der Waals surface area contributed by atoms with Gasteiger partial charge in [-0.2, -0.15) is 0 Å². The van der Waals surface area contributed by atoms with Gasteiger partial charge in [0, 0.05) is 12.6 Å². The summed E-state index contributed by atoms with van der Waals surface area (Å²) < 4.78 is 10.4. The molecule has 0 aromatic heterocycles. The number of hydrogen-bond donors (Lipinski definition) is 2. The molecule has 4 heteroatoms. The highest BCUT2D eigenvalue weighted by molar-refractivity contribution is 5.43.